The van der Waals surface area contributed by atoms with Gasteiger partial charge in [-0.3, -0.25) is 4.79 Å². The van der Waals surface area contributed by atoms with Crippen LogP contribution < -0.4 is 0 Å². The number of rotatable bonds is 3. The Hall–Kier alpha value is -2.17. The maximum absolute atomic E-state index is 12.6. The second kappa shape index (κ2) is 6.52. The van der Waals surface area contributed by atoms with Gasteiger partial charge >= 0.3 is 0 Å². The van der Waals surface area contributed by atoms with E-state index in [1.807, 2.05) is 44.0 Å². The van der Waals surface area contributed by atoms with Crippen molar-refractivity contribution in [3.63, 3.8) is 0 Å². The van der Waals surface area contributed by atoms with Crippen molar-refractivity contribution in [3.05, 3.63) is 41.3 Å². The van der Waals surface area contributed by atoms with Gasteiger partial charge in [0.2, 0.25) is 0 Å². The third-order valence-electron chi connectivity index (χ3n) is 4.66. The average Bonchev–Trinajstić information content (AvgIpc) is 2.93. The van der Waals surface area contributed by atoms with Crippen molar-refractivity contribution < 1.29 is 4.79 Å². The zero-order valence-electron chi connectivity index (χ0n) is 14.1. The molecule has 3 rings (SSSR count). The second-order valence-electron chi connectivity index (χ2n) is 6.45. The molecule has 0 unspecified atom stereocenters. The summed E-state index contributed by atoms with van der Waals surface area (Å²) in [5.74, 6) is 0.803. The van der Waals surface area contributed by atoms with Gasteiger partial charge in [-0.25, -0.2) is 9.67 Å². The van der Waals surface area contributed by atoms with Crippen LogP contribution in [0.1, 0.15) is 53.8 Å². The van der Waals surface area contributed by atoms with Crippen LogP contribution in [0.3, 0.4) is 0 Å². The van der Waals surface area contributed by atoms with Crippen LogP contribution in [0, 0.1) is 13.8 Å². The molecule has 23 heavy (non-hydrogen) atoms. The molecular weight excluding hydrogens is 288 g/mol. The Bertz CT molecular complexity index is 684. The number of amides is 1. The number of aromatic nitrogens is 3. The maximum Gasteiger partial charge on any atom is 0.255 e. The number of hydrogen-bond donors (Lipinski definition) is 0. The van der Waals surface area contributed by atoms with Crippen LogP contribution in [-0.2, 0) is 0 Å². The molecule has 1 aliphatic carbocycles. The Balaban J connectivity index is 1.76. The SMILES string of the molecule is Cc1cc(C)n(-c2ccc(C(=O)N(C)C3CCCCC3)cn2)n1. The summed E-state index contributed by atoms with van der Waals surface area (Å²) < 4.78 is 1.80. The summed E-state index contributed by atoms with van der Waals surface area (Å²) in [5.41, 5.74) is 2.64. The minimum absolute atomic E-state index is 0.0596. The summed E-state index contributed by atoms with van der Waals surface area (Å²) in [7, 11) is 1.91. The van der Waals surface area contributed by atoms with Crippen molar-refractivity contribution in [2.75, 3.05) is 7.05 Å². The number of hydrogen-bond acceptors (Lipinski definition) is 3. The Morgan fingerprint density at radius 2 is 1.96 bits per heavy atom. The van der Waals surface area contributed by atoms with E-state index in [9.17, 15) is 4.79 Å². The number of nitrogens with zero attached hydrogens (tertiary/aromatic N) is 4. The summed E-state index contributed by atoms with van der Waals surface area (Å²) in [6.45, 7) is 3.96. The lowest BCUT2D eigenvalue weighted by atomic mass is 9.94. The summed E-state index contributed by atoms with van der Waals surface area (Å²) in [5, 5.41) is 4.42. The molecular formula is C18H24N4O. The van der Waals surface area contributed by atoms with Crippen LogP contribution >= 0.6 is 0 Å². The molecule has 5 nitrogen and oxygen atoms in total. The van der Waals surface area contributed by atoms with Gasteiger partial charge < -0.3 is 4.90 Å². The molecule has 2 aromatic heterocycles. The van der Waals surface area contributed by atoms with Crippen LogP contribution in [0.5, 0.6) is 0 Å². The fraction of sp³-hybridized carbons (Fsp3) is 0.500. The number of aryl methyl sites for hydroxylation is 2. The highest BCUT2D eigenvalue weighted by atomic mass is 16.2. The molecule has 0 atom stereocenters. The molecule has 1 fully saturated rings. The van der Waals surface area contributed by atoms with E-state index in [2.05, 4.69) is 10.1 Å². The van der Waals surface area contributed by atoms with Gasteiger partial charge in [0.25, 0.3) is 5.91 Å². The molecule has 0 bridgehead atoms. The molecule has 2 aromatic rings. The van der Waals surface area contributed by atoms with E-state index in [1.54, 1.807) is 10.9 Å². The maximum atomic E-state index is 12.6. The van der Waals surface area contributed by atoms with E-state index in [0.29, 0.717) is 11.6 Å². The third-order valence-corrected chi connectivity index (χ3v) is 4.66. The van der Waals surface area contributed by atoms with E-state index >= 15 is 0 Å². The predicted octanol–water partition coefficient (Wildman–Crippen LogP) is 3.29. The van der Waals surface area contributed by atoms with Crippen LogP contribution in [-0.4, -0.2) is 38.7 Å². The molecule has 0 radical (unpaired) electrons. The first-order valence-corrected chi connectivity index (χ1v) is 8.33. The minimum Gasteiger partial charge on any atom is -0.339 e. The third kappa shape index (κ3) is 3.28. The molecule has 5 heteroatoms. The molecule has 1 amide bonds. The number of carbonyl (C=O) groups is 1. The Morgan fingerprint density at radius 1 is 1.22 bits per heavy atom. The first-order chi connectivity index (χ1) is 11.1. The van der Waals surface area contributed by atoms with Gasteiger partial charge in [0.1, 0.15) is 0 Å². The smallest absolute Gasteiger partial charge is 0.255 e. The lowest BCUT2D eigenvalue weighted by Gasteiger charge is -2.31. The van der Waals surface area contributed by atoms with Crippen molar-refractivity contribution in [1.29, 1.82) is 0 Å². The molecule has 0 aromatic carbocycles. The van der Waals surface area contributed by atoms with Gasteiger partial charge in [0, 0.05) is 25.0 Å². The molecule has 122 valence electrons. The highest BCUT2D eigenvalue weighted by molar-refractivity contribution is 5.94. The number of pyridine rings is 1. The predicted molar refractivity (Wildman–Crippen MR) is 89.8 cm³/mol. The van der Waals surface area contributed by atoms with Crippen molar-refractivity contribution in [3.8, 4) is 5.82 Å². The second-order valence-corrected chi connectivity index (χ2v) is 6.45. The Kier molecular flexibility index (Phi) is 4.46. The van der Waals surface area contributed by atoms with Gasteiger partial charge in [0.15, 0.2) is 5.82 Å². The van der Waals surface area contributed by atoms with Gasteiger partial charge in [-0.15, -0.1) is 0 Å². The van der Waals surface area contributed by atoms with Gasteiger partial charge in [-0.2, -0.15) is 5.10 Å². The molecule has 1 saturated carbocycles. The zero-order valence-corrected chi connectivity index (χ0v) is 14.1. The quantitative estimate of drug-likeness (QED) is 0.874. The molecule has 0 saturated heterocycles. The summed E-state index contributed by atoms with van der Waals surface area (Å²) in [4.78, 5) is 18.9. The van der Waals surface area contributed by atoms with Crippen molar-refractivity contribution in [1.82, 2.24) is 19.7 Å². The summed E-state index contributed by atoms with van der Waals surface area (Å²) in [6.07, 6.45) is 7.61. The molecule has 0 N–H and O–H groups in total. The van der Waals surface area contributed by atoms with Crippen molar-refractivity contribution in [2.24, 2.45) is 0 Å². The highest BCUT2D eigenvalue weighted by Gasteiger charge is 2.23. The lowest BCUT2D eigenvalue weighted by molar-refractivity contribution is 0.0696. The van der Waals surface area contributed by atoms with Crippen LogP contribution in [0.4, 0.5) is 0 Å². The monoisotopic (exact) mass is 312 g/mol. The number of carbonyl (C=O) groups excluding carboxylic acids is 1. The van der Waals surface area contributed by atoms with E-state index < -0.39 is 0 Å². The summed E-state index contributed by atoms with van der Waals surface area (Å²) >= 11 is 0. The Labute approximate surface area is 137 Å². The van der Waals surface area contributed by atoms with Crippen molar-refractivity contribution in [2.45, 2.75) is 52.0 Å². The van der Waals surface area contributed by atoms with Crippen LogP contribution in [0.15, 0.2) is 24.4 Å². The van der Waals surface area contributed by atoms with E-state index in [1.165, 1.54) is 19.3 Å². The van der Waals surface area contributed by atoms with Gasteiger partial charge in [0.05, 0.1) is 11.3 Å². The molecule has 1 aliphatic rings. The zero-order chi connectivity index (χ0) is 16.4. The lowest BCUT2D eigenvalue weighted by Crippen LogP contribution is -2.38. The first-order valence-electron chi connectivity index (χ1n) is 8.33. The first kappa shape index (κ1) is 15.7. The molecule has 0 spiro atoms. The van der Waals surface area contributed by atoms with Crippen LogP contribution in [0.25, 0.3) is 5.82 Å². The fourth-order valence-electron chi connectivity index (χ4n) is 3.34. The van der Waals surface area contributed by atoms with Crippen LogP contribution in [0.2, 0.25) is 0 Å². The minimum atomic E-state index is 0.0596. The fourth-order valence-corrected chi connectivity index (χ4v) is 3.34. The summed E-state index contributed by atoms with van der Waals surface area (Å²) in [6, 6.07) is 6.09. The van der Waals surface area contributed by atoms with E-state index in [0.717, 1.165) is 30.0 Å². The average molecular weight is 312 g/mol. The van der Waals surface area contributed by atoms with Gasteiger partial charge in [-0.1, -0.05) is 19.3 Å². The molecule has 0 aliphatic heterocycles. The largest absolute Gasteiger partial charge is 0.339 e. The Morgan fingerprint density at radius 3 is 2.52 bits per heavy atom. The standard InChI is InChI=1S/C18H24N4O/c1-13-11-14(2)22(20-13)17-10-9-15(12-19-17)18(23)21(3)16-7-5-4-6-8-16/h9-12,16H,4-8H2,1-3H3. The van der Waals surface area contributed by atoms with E-state index in [-0.39, 0.29) is 5.91 Å². The van der Waals surface area contributed by atoms with Gasteiger partial charge in [-0.05, 0) is 44.9 Å². The van der Waals surface area contributed by atoms with E-state index in [4.69, 9.17) is 0 Å². The topological polar surface area (TPSA) is 51.0 Å². The molecule has 2 heterocycles. The highest BCUT2D eigenvalue weighted by Crippen LogP contribution is 2.23. The van der Waals surface area contributed by atoms with Crippen molar-refractivity contribution >= 4 is 5.91 Å². The normalized spacial score (nSPS) is 15.6.